The van der Waals surface area contributed by atoms with Crippen LogP contribution < -0.4 is 27.4 Å². The fourth-order valence-corrected chi connectivity index (χ4v) is 2.70. The molecule has 184 valence electrons. The van der Waals surface area contributed by atoms with Crippen LogP contribution in [0, 0.1) is 5.92 Å². The summed E-state index contributed by atoms with van der Waals surface area (Å²) >= 11 is 0. The fraction of sp³-hybridized carbons (Fsp3) is 0.737. The number of carboxylic acid groups (broad SMARTS) is 2. The topological polar surface area (TPSA) is 234 Å². The van der Waals surface area contributed by atoms with E-state index in [4.69, 9.17) is 21.7 Å². The highest BCUT2D eigenvalue weighted by Crippen LogP contribution is 2.07. The summed E-state index contributed by atoms with van der Waals surface area (Å²) in [4.78, 5) is 59.8. The quantitative estimate of drug-likeness (QED) is 0.112. The van der Waals surface area contributed by atoms with E-state index in [1.165, 1.54) is 0 Å². The molecule has 0 fully saturated rings. The van der Waals surface area contributed by atoms with Gasteiger partial charge in [0.1, 0.15) is 24.2 Å². The van der Waals surface area contributed by atoms with Crippen molar-refractivity contribution in [3.05, 3.63) is 0 Å². The van der Waals surface area contributed by atoms with Crippen LogP contribution >= 0.6 is 0 Å². The van der Waals surface area contributed by atoms with Crippen molar-refractivity contribution < 1.29 is 39.3 Å². The molecule has 10 N–H and O–H groups in total. The second-order valence-electron chi connectivity index (χ2n) is 7.70. The molecule has 0 aliphatic heterocycles. The normalized spacial score (nSPS) is 14.7. The summed E-state index contributed by atoms with van der Waals surface area (Å²) in [6.07, 6.45) is 0.415. The zero-order valence-corrected chi connectivity index (χ0v) is 18.4. The number of carbonyl (C=O) groups is 5. The number of aliphatic hydroxyl groups excluding tert-OH is 1. The maximum atomic E-state index is 12.8. The summed E-state index contributed by atoms with van der Waals surface area (Å²) in [5.41, 5.74) is 10.9. The summed E-state index contributed by atoms with van der Waals surface area (Å²) < 4.78 is 0. The highest BCUT2D eigenvalue weighted by molar-refractivity contribution is 5.94. The molecule has 0 aliphatic carbocycles. The van der Waals surface area contributed by atoms with E-state index in [0.717, 1.165) is 0 Å². The lowest BCUT2D eigenvalue weighted by atomic mass is 10.0. The molecule has 4 atom stereocenters. The van der Waals surface area contributed by atoms with Gasteiger partial charge in [-0.15, -0.1) is 0 Å². The number of carboxylic acids is 2. The van der Waals surface area contributed by atoms with Crippen molar-refractivity contribution in [2.75, 3.05) is 13.2 Å². The second kappa shape index (κ2) is 15.1. The number of unbranched alkanes of at least 4 members (excludes halogenated alkanes) is 1. The first-order chi connectivity index (χ1) is 14.9. The Bertz CT molecular complexity index is 658. The van der Waals surface area contributed by atoms with Crippen molar-refractivity contribution in [3.8, 4) is 0 Å². The molecule has 0 heterocycles. The Hall–Kier alpha value is -2.77. The molecule has 0 radical (unpaired) electrons. The number of nitrogens with two attached hydrogens (primary N) is 2. The first-order valence-electron chi connectivity index (χ1n) is 10.4. The smallest absolute Gasteiger partial charge is 0.326 e. The minimum atomic E-state index is -1.33. The minimum Gasteiger partial charge on any atom is -0.481 e. The third-order valence-corrected chi connectivity index (χ3v) is 4.62. The molecule has 0 spiro atoms. The number of hydrogen-bond acceptors (Lipinski definition) is 8. The molecule has 0 bridgehead atoms. The number of amides is 3. The number of aliphatic hydroxyl groups is 1. The van der Waals surface area contributed by atoms with Gasteiger partial charge in [0.2, 0.25) is 17.7 Å². The lowest BCUT2D eigenvalue weighted by Crippen LogP contribution is -2.58. The van der Waals surface area contributed by atoms with Crippen LogP contribution in [-0.4, -0.2) is 82.3 Å². The SMILES string of the molecule is CC(C)C(NC(=O)C(CCCCN)NC(=O)C(CCC(=O)O)NC(=O)C(N)CO)C(=O)O. The van der Waals surface area contributed by atoms with E-state index < -0.39 is 72.8 Å². The number of aliphatic carboxylic acids is 2. The Balaban J connectivity index is 5.50. The molecule has 0 aliphatic rings. The Morgan fingerprint density at radius 1 is 0.844 bits per heavy atom. The summed E-state index contributed by atoms with van der Waals surface area (Å²) in [6, 6.07) is -4.96. The van der Waals surface area contributed by atoms with Gasteiger partial charge < -0.3 is 42.7 Å². The summed E-state index contributed by atoms with van der Waals surface area (Å²) in [7, 11) is 0. The average molecular weight is 462 g/mol. The van der Waals surface area contributed by atoms with Gasteiger partial charge in [0.25, 0.3) is 0 Å². The van der Waals surface area contributed by atoms with Gasteiger partial charge in [-0.05, 0) is 38.1 Å². The van der Waals surface area contributed by atoms with E-state index in [0.29, 0.717) is 19.4 Å². The molecule has 13 heteroatoms. The van der Waals surface area contributed by atoms with Gasteiger partial charge in [-0.1, -0.05) is 13.8 Å². The van der Waals surface area contributed by atoms with Gasteiger partial charge >= 0.3 is 11.9 Å². The Morgan fingerprint density at radius 2 is 1.38 bits per heavy atom. The lowest BCUT2D eigenvalue weighted by molar-refractivity contribution is -0.143. The fourth-order valence-electron chi connectivity index (χ4n) is 2.70. The molecule has 0 saturated carbocycles. The van der Waals surface area contributed by atoms with Gasteiger partial charge in [-0.3, -0.25) is 19.2 Å². The van der Waals surface area contributed by atoms with Crippen LogP contribution in [0.1, 0.15) is 46.0 Å². The molecule has 0 saturated heterocycles. The third-order valence-electron chi connectivity index (χ3n) is 4.62. The molecular formula is C19H35N5O8. The van der Waals surface area contributed by atoms with E-state index in [1.54, 1.807) is 13.8 Å². The number of nitrogens with one attached hydrogen (secondary N) is 3. The lowest BCUT2D eigenvalue weighted by Gasteiger charge is -2.26. The third kappa shape index (κ3) is 11.0. The van der Waals surface area contributed by atoms with E-state index in [-0.39, 0.29) is 12.8 Å². The predicted molar refractivity (Wildman–Crippen MR) is 113 cm³/mol. The zero-order valence-electron chi connectivity index (χ0n) is 18.4. The Labute approximate surface area is 186 Å². The van der Waals surface area contributed by atoms with Crippen molar-refractivity contribution >= 4 is 29.7 Å². The standard InChI is InChI=1S/C19H35N5O8/c1-10(2)15(19(31)32)24-18(30)12(5-3-4-8-20)23-17(29)13(6-7-14(26)27)22-16(28)11(21)9-25/h10-13,15,25H,3-9,20-21H2,1-2H3,(H,22,28)(H,23,29)(H,24,30)(H,26,27)(H,31,32). The van der Waals surface area contributed by atoms with Crippen molar-refractivity contribution in [2.24, 2.45) is 17.4 Å². The maximum absolute atomic E-state index is 12.8. The molecule has 13 nitrogen and oxygen atoms in total. The van der Waals surface area contributed by atoms with Gasteiger partial charge in [0.05, 0.1) is 6.61 Å². The molecule has 0 rings (SSSR count). The summed E-state index contributed by atoms with van der Waals surface area (Å²) in [5.74, 6) is -5.29. The van der Waals surface area contributed by atoms with Crippen LogP contribution in [0.2, 0.25) is 0 Å². The van der Waals surface area contributed by atoms with E-state index >= 15 is 0 Å². The van der Waals surface area contributed by atoms with Crippen LogP contribution in [0.3, 0.4) is 0 Å². The number of rotatable bonds is 16. The average Bonchev–Trinajstić information content (AvgIpc) is 2.72. The zero-order chi connectivity index (χ0) is 24.8. The van der Waals surface area contributed by atoms with Crippen molar-refractivity contribution in [1.29, 1.82) is 0 Å². The molecule has 0 aromatic carbocycles. The molecule has 3 amide bonds. The van der Waals surface area contributed by atoms with Crippen LogP contribution in [0.5, 0.6) is 0 Å². The van der Waals surface area contributed by atoms with Crippen LogP contribution in [0.4, 0.5) is 0 Å². The number of hydrogen-bond donors (Lipinski definition) is 8. The van der Waals surface area contributed by atoms with E-state index in [9.17, 15) is 29.1 Å². The van der Waals surface area contributed by atoms with Gasteiger partial charge in [0, 0.05) is 6.42 Å². The largest absolute Gasteiger partial charge is 0.481 e. The Kier molecular flexibility index (Phi) is 13.8. The molecule has 32 heavy (non-hydrogen) atoms. The molecule has 0 aromatic rings. The Morgan fingerprint density at radius 3 is 1.84 bits per heavy atom. The molecule has 4 unspecified atom stereocenters. The van der Waals surface area contributed by atoms with Crippen molar-refractivity contribution in [2.45, 2.75) is 70.1 Å². The molecule has 0 aromatic heterocycles. The van der Waals surface area contributed by atoms with Gasteiger partial charge in [-0.2, -0.15) is 0 Å². The predicted octanol–water partition coefficient (Wildman–Crippen LogP) is -2.51. The van der Waals surface area contributed by atoms with Crippen molar-refractivity contribution in [1.82, 2.24) is 16.0 Å². The summed E-state index contributed by atoms with van der Waals surface area (Å²) in [5, 5.41) is 34.3. The van der Waals surface area contributed by atoms with Crippen molar-refractivity contribution in [3.63, 3.8) is 0 Å². The first-order valence-corrected chi connectivity index (χ1v) is 10.4. The van der Waals surface area contributed by atoms with Gasteiger partial charge in [-0.25, -0.2) is 4.79 Å². The first kappa shape index (κ1) is 29.2. The van der Waals surface area contributed by atoms with Crippen LogP contribution in [-0.2, 0) is 24.0 Å². The van der Waals surface area contributed by atoms with Crippen LogP contribution in [0.15, 0.2) is 0 Å². The minimum absolute atomic E-state index is 0.148. The molecular weight excluding hydrogens is 426 g/mol. The maximum Gasteiger partial charge on any atom is 0.326 e. The van der Waals surface area contributed by atoms with Gasteiger partial charge in [0.15, 0.2) is 0 Å². The number of carbonyl (C=O) groups excluding carboxylic acids is 3. The summed E-state index contributed by atoms with van der Waals surface area (Å²) in [6.45, 7) is 2.89. The van der Waals surface area contributed by atoms with Crippen LogP contribution in [0.25, 0.3) is 0 Å². The monoisotopic (exact) mass is 461 g/mol. The second-order valence-corrected chi connectivity index (χ2v) is 7.70. The highest BCUT2D eigenvalue weighted by Gasteiger charge is 2.31. The highest BCUT2D eigenvalue weighted by atomic mass is 16.4. The van der Waals surface area contributed by atoms with E-state index in [2.05, 4.69) is 16.0 Å². The van der Waals surface area contributed by atoms with E-state index in [1.807, 2.05) is 0 Å².